The number of Topliss-reactive ketones (excluding diaryl/α,β-unsaturated/α-hetero) is 1. The third kappa shape index (κ3) is 31.5. The predicted octanol–water partition coefficient (Wildman–Crippen LogP) is 10.5. The van der Waals surface area contributed by atoms with E-state index in [1.165, 1.54) is 28.9 Å². The number of nitrogens with zero attached hydrogens (tertiary/aromatic N) is 3. The van der Waals surface area contributed by atoms with Gasteiger partial charge in [0.1, 0.15) is 62.1 Å². The number of amides is 9. The third-order valence-corrected chi connectivity index (χ3v) is 23.5. The Morgan fingerprint density at radius 2 is 1.05 bits per heavy atom. The lowest BCUT2D eigenvalue weighted by molar-refractivity contribution is -0.153. The number of alkyl carbamates (subject to hydrolysis) is 3. The molecule has 0 bridgehead atoms. The lowest BCUT2D eigenvalue weighted by Gasteiger charge is -2.32. The highest BCUT2D eigenvalue weighted by molar-refractivity contribution is 6.38. The van der Waals surface area contributed by atoms with Crippen molar-refractivity contribution in [1.29, 1.82) is 0 Å². The van der Waals surface area contributed by atoms with E-state index in [4.69, 9.17) is 43.0 Å². The molecule has 0 aromatic heterocycles. The van der Waals surface area contributed by atoms with Crippen LogP contribution in [0.5, 0.6) is 0 Å². The summed E-state index contributed by atoms with van der Waals surface area (Å²) in [5.41, 5.74) is 2.01. The summed E-state index contributed by atoms with van der Waals surface area (Å²) in [6.45, 7) is 20.1. The van der Waals surface area contributed by atoms with Crippen molar-refractivity contribution in [2.45, 2.75) is 267 Å². The van der Waals surface area contributed by atoms with Crippen molar-refractivity contribution < 1.29 is 105 Å². The Morgan fingerprint density at radius 3 is 1.57 bits per heavy atom. The first-order valence-corrected chi connectivity index (χ1v) is 44.4. The number of aliphatic carboxylic acids is 1. The molecule has 8 N–H and O–H groups in total. The van der Waals surface area contributed by atoms with Crippen LogP contribution in [-0.4, -0.2) is 229 Å². The minimum Gasteiger partial charge on any atom is -0.480 e. The van der Waals surface area contributed by atoms with E-state index in [0.717, 1.165) is 74.6 Å². The Morgan fingerprint density at radius 1 is 0.578 bits per heavy atom. The van der Waals surface area contributed by atoms with Gasteiger partial charge in [-0.3, -0.25) is 38.4 Å². The number of rotatable bonds is 30. The number of allylic oxidation sites excluding steroid dienone is 4. The second kappa shape index (κ2) is 50.4. The zero-order chi connectivity index (χ0) is 93.1. The van der Waals surface area contributed by atoms with Gasteiger partial charge in [-0.05, 0) is 160 Å². The molecule has 6 saturated heterocycles. The maximum absolute atomic E-state index is 14.5. The number of hydrogen-bond acceptors (Lipinski definition) is 22. The largest absolute Gasteiger partial charge is 0.480 e. The fourth-order valence-electron chi connectivity index (χ4n) is 17.3. The zero-order valence-electron chi connectivity index (χ0n) is 75.6. The number of carbonyl (C=O) groups excluding carboxylic acids is 12. The standard InChI is InChI=1S/C44H58N6O9.C26H36N2O6.C16H21NO4.C10H17NO3/c1-44(2)25-31-34(59-44)27-50-37(31)39(53)46-32(38(52)40(54)45-26-35(51)48-36(42(56)49(3)4)30-21-15-12-16-22-30)23-17-9-7-5-6-8-10-18-24-33(41(50)55)47-43(57)58-28-29-19-13-11-14-20-29;1-5-6-7-11-14-20(27-25(31)33-17-18-12-9-8-10-13-18)23(29)28-16-21-19(15-26(2,3)34-21)22(28)24(30)32-4;1-2-3-4-8-11-14(15(18)19)17-16(20)21-12-13-9-6-5-7-10-13;1-10(2)4-6-7(14-10)5-11-8(6)9(12)13-3/h5-6,11-16,19-22,31-34,36-37H,7-10,17-18,23-28H2,1-4H3,(H,45,54)(H,46,53)(H,47,57)(H,48,51);5,8-10,12-13,19-22H,1,6-7,11,14-17H2,2-4H3,(H,27,31);2,5-7,9-10,14H,1,3-4,8,11-12H2,(H,17,20)(H,18,19);6-8,11H,4-5H2,1-3H3/t31-,32?,33-,34-,36-,37-;19-,20-,21-,22-;14-;6-,7?,8-/m0000/s1. The Labute approximate surface area is 751 Å². The summed E-state index contributed by atoms with van der Waals surface area (Å²) in [4.78, 5) is 172. The average molecular weight is 1780 g/mol. The molecule has 4 aromatic carbocycles. The number of methoxy groups -OCH3 is 2. The highest BCUT2D eigenvalue weighted by Crippen LogP contribution is 2.46. The minimum atomic E-state index is -1.26. The van der Waals surface area contributed by atoms with Crippen LogP contribution in [-0.2, 0) is 106 Å². The molecule has 0 radical (unpaired) electrons. The highest BCUT2D eigenvalue weighted by Gasteiger charge is 2.58. The molecule has 4 aromatic rings. The minimum absolute atomic E-state index is 0.0121. The first-order chi connectivity index (χ1) is 61.2. The number of carboxylic acids is 1. The highest BCUT2D eigenvalue weighted by atomic mass is 16.6. The molecule has 128 heavy (non-hydrogen) atoms. The van der Waals surface area contributed by atoms with Crippen molar-refractivity contribution in [3.63, 3.8) is 0 Å². The first kappa shape index (κ1) is 102. The van der Waals surface area contributed by atoms with E-state index >= 15 is 0 Å². The van der Waals surface area contributed by atoms with Crippen molar-refractivity contribution in [1.82, 2.24) is 51.9 Å². The molecular weight excluding hydrogens is 1650 g/mol. The van der Waals surface area contributed by atoms with Crippen molar-refractivity contribution in [3.8, 4) is 0 Å². The molecule has 7 heterocycles. The Bertz CT molecular complexity index is 4380. The van der Waals surface area contributed by atoms with Crippen LogP contribution in [0.25, 0.3) is 0 Å². The van der Waals surface area contributed by atoms with Gasteiger partial charge in [0.05, 0.1) is 61.9 Å². The first-order valence-electron chi connectivity index (χ1n) is 44.4. The zero-order valence-corrected chi connectivity index (χ0v) is 75.6. The summed E-state index contributed by atoms with van der Waals surface area (Å²) >= 11 is 0. The van der Waals surface area contributed by atoms with Gasteiger partial charge in [-0.25, -0.2) is 24.0 Å². The van der Waals surface area contributed by atoms with Gasteiger partial charge in [0, 0.05) is 51.5 Å². The number of nitrogens with one attached hydrogen (secondary N) is 7. The molecule has 7 aliphatic rings. The SMILES string of the molecule is C=CCCCC[C@H](NC(=O)OCc1ccccc1)C(=O)N1C[C@@H]2OC(C)(C)C[C@@H]2[C@H]1C(=O)OC.C=CCCCC[C@H](NC(=O)OCc1ccccc1)C(=O)O.CN(C)C(=O)[C@@H](NC(=O)CNC(=O)C(=O)C1CCCCC=CCCCC[C@H](NC(=O)OCc2ccccc2)C(=O)N2C[C@@H]3OC(C)(C)C[C@@H]3[C@H]2C(=O)N1)c1ccccc1.COC(=O)[C@H]1NCC2OC(C)(C)C[C@@H]21. The summed E-state index contributed by atoms with van der Waals surface area (Å²) in [6, 6.07) is 29.4. The molecule has 698 valence electrons. The van der Waals surface area contributed by atoms with Gasteiger partial charge >= 0.3 is 36.2 Å². The lowest BCUT2D eigenvalue weighted by Crippen LogP contribution is -2.58. The quantitative estimate of drug-likeness (QED) is 0.00790. The third-order valence-electron chi connectivity index (χ3n) is 23.5. The molecule has 0 saturated carbocycles. The van der Waals surface area contributed by atoms with Gasteiger partial charge in [-0.1, -0.05) is 171 Å². The molecule has 7 aliphatic heterocycles. The Kier molecular flexibility index (Phi) is 40.2. The number of ether oxygens (including phenoxy) is 8. The second-order valence-corrected chi connectivity index (χ2v) is 35.2. The van der Waals surface area contributed by atoms with Gasteiger partial charge in [0.2, 0.25) is 35.3 Å². The van der Waals surface area contributed by atoms with Crippen LogP contribution >= 0.6 is 0 Å². The van der Waals surface area contributed by atoms with E-state index in [9.17, 15) is 62.3 Å². The molecule has 2 unspecified atom stereocenters. The topological polar surface area (TPSA) is 410 Å². The molecule has 0 aliphatic carbocycles. The number of esters is 2. The van der Waals surface area contributed by atoms with Crippen molar-refractivity contribution >= 4 is 77.4 Å². The van der Waals surface area contributed by atoms with Gasteiger partial charge in [-0.2, -0.15) is 0 Å². The monoisotopic (exact) mass is 1780 g/mol. The van der Waals surface area contributed by atoms with E-state index < -0.39 is 126 Å². The number of fused-ring (bicyclic) bond motifs is 5. The number of ketones is 1. The number of unbranched alkanes of at least 4 members (excludes halogenated alkanes) is 4. The maximum Gasteiger partial charge on any atom is 0.408 e. The normalized spacial score (nSPS) is 23.5. The summed E-state index contributed by atoms with van der Waals surface area (Å²) < 4.78 is 43.9. The van der Waals surface area contributed by atoms with Crippen LogP contribution in [0.2, 0.25) is 0 Å². The molecule has 14 atom stereocenters. The Balaban J connectivity index is 0.000000244. The smallest absolute Gasteiger partial charge is 0.408 e. The summed E-state index contributed by atoms with van der Waals surface area (Å²) in [7, 11) is 5.88. The molecule has 11 rings (SSSR count). The van der Waals surface area contributed by atoms with Gasteiger partial charge in [-0.15, -0.1) is 13.2 Å². The van der Waals surface area contributed by atoms with E-state index in [-0.39, 0.29) is 98.4 Å². The molecule has 9 amide bonds. The summed E-state index contributed by atoms with van der Waals surface area (Å²) in [5.74, 6) is -6.45. The van der Waals surface area contributed by atoms with Crippen LogP contribution in [0.4, 0.5) is 14.4 Å². The molecule has 0 spiro atoms. The van der Waals surface area contributed by atoms with Crippen LogP contribution in [0.3, 0.4) is 0 Å². The number of hydrogen-bond donors (Lipinski definition) is 8. The molecular formula is C96H132N10O22. The van der Waals surface area contributed by atoms with E-state index in [2.05, 4.69) is 70.3 Å². The van der Waals surface area contributed by atoms with Crippen LogP contribution in [0.15, 0.2) is 159 Å². The summed E-state index contributed by atoms with van der Waals surface area (Å²) in [6.07, 6.45) is 17.2. The van der Waals surface area contributed by atoms with E-state index in [1.807, 2.05) is 131 Å². The van der Waals surface area contributed by atoms with Crippen molar-refractivity contribution in [3.05, 3.63) is 181 Å². The summed E-state index contributed by atoms with van der Waals surface area (Å²) in [5, 5.41) is 27.9. The maximum atomic E-state index is 14.5. The van der Waals surface area contributed by atoms with Crippen molar-refractivity contribution in [2.24, 2.45) is 17.8 Å². The van der Waals surface area contributed by atoms with Gasteiger partial charge < -0.3 is 94.9 Å². The van der Waals surface area contributed by atoms with E-state index in [1.54, 1.807) is 50.5 Å². The van der Waals surface area contributed by atoms with Gasteiger partial charge in [0.15, 0.2) is 0 Å². The number of likely N-dealkylation sites (tertiary alicyclic amines) is 1. The van der Waals surface area contributed by atoms with Crippen LogP contribution < -0.4 is 37.2 Å². The Hall–Kier alpha value is -11.4. The van der Waals surface area contributed by atoms with Crippen molar-refractivity contribution in [2.75, 3.05) is 54.5 Å². The van der Waals surface area contributed by atoms with Crippen LogP contribution in [0, 0.1) is 17.8 Å². The fraction of sp³-hybridized carbons (Fsp3) is 0.552. The second-order valence-electron chi connectivity index (χ2n) is 35.2. The predicted molar refractivity (Wildman–Crippen MR) is 476 cm³/mol. The fourth-order valence-corrected chi connectivity index (χ4v) is 17.3. The van der Waals surface area contributed by atoms with E-state index in [0.29, 0.717) is 69.8 Å². The van der Waals surface area contributed by atoms with Gasteiger partial charge in [0.25, 0.3) is 5.91 Å². The molecule has 6 fully saturated rings. The number of carbonyl (C=O) groups is 13. The number of carboxylic acid groups (broad SMARTS) is 1. The molecule has 32 heteroatoms. The lowest BCUT2D eigenvalue weighted by atomic mass is 9.89. The number of benzene rings is 4. The number of likely N-dealkylation sites (N-methyl/N-ethyl adjacent to an activating group) is 1. The average Bonchev–Trinajstić information content (AvgIpc) is 1.48. The van der Waals surface area contributed by atoms with Crippen LogP contribution in [0.1, 0.15) is 192 Å². The molecule has 32 nitrogen and oxygen atoms in total.